The molecule has 0 aromatic rings. The molecule has 0 radical (unpaired) electrons. The maximum Gasteiger partial charge on any atom is 0.319 e. The molecule has 139 valence electrons. The molecule has 0 saturated carbocycles. The van der Waals surface area contributed by atoms with Crippen molar-refractivity contribution in [3.63, 3.8) is 0 Å². The van der Waals surface area contributed by atoms with Crippen LogP contribution in [0.1, 0.15) is 71.6 Å². The zero-order valence-corrected chi connectivity index (χ0v) is 20.4. The van der Waals surface area contributed by atoms with Gasteiger partial charge in [0.1, 0.15) is 0 Å². The summed E-state index contributed by atoms with van der Waals surface area (Å²) in [7, 11) is 0. The molecule has 0 aromatic heterocycles. The summed E-state index contributed by atoms with van der Waals surface area (Å²) in [6.45, 7) is -3.02. The van der Waals surface area contributed by atoms with E-state index in [9.17, 15) is 0 Å². The minimum absolute atomic E-state index is 1.10. The van der Waals surface area contributed by atoms with E-state index in [4.69, 9.17) is 29.4 Å². The van der Waals surface area contributed by atoms with Crippen molar-refractivity contribution in [3.05, 3.63) is 0 Å². The minimum atomic E-state index is -3.81. The first-order valence-corrected chi connectivity index (χ1v) is 14.7. The molecule has 0 fully saturated rings. The van der Waals surface area contributed by atoms with E-state index in [2.05, 4.69) is 37.5 Å². The van der Waals surface area contributed by atoms with Gasteiger partial charge in [0.25, 0.3) is 0 Å². The van der Waals surface area contributed by atoms with E-state index in [-0.39, 0.29) is 0 Å². The normalized spacial score (nSPS) is 12.6. The van der Waals surface area contributed by atoms with Gasteiger partial charge in [0.15, 0.2) is 0 Å². The van der Waals surface area contributed by atoms with Crippen molar-refractivity contribution < 1.29 is 47.7 Å². The predicted octanol–water partition coefficient (Wildman–Crippen LogP) is 3.25. The smallest absolute Gasteiger partial charge is 0.319 e. The summed E-state index contributed by atoms with van der Waals surface area (Å²) in [6, 6.07) is 0. The van der Waals surface area contributed by atoms with Crippen molar-refractivity contribution in [3.8, 4) is 0 Å². The van der Waals surface area contributed by atoms with Gasteiger partial charge in [-0.15, -0.1) is 0 Å². The fourth-order valence-electron chi connectivity index (χ4n) is 1.67. The third-order valence-corrected chi connectivity index (χ3v) is 4.39. The third kappa shape index (κ3) is 69.2. The summed E-state index contributed by atoms with van der Waals surface area (Å²) in [4.78, 5) is 45.3. The number of hydrogen-bond acceptors (Lipinski definition) is 2. The molecule has 0 spiro atoms. The predicted molar refractivity (Wildman–Crippen MR) is 98.5 cm³/mol. The Morgan fingerprint density at radius 1 is 0.696 bits per heavy atom. The number of hydrogen-bond donors (Lipinski definition) is 6. The van der Waals surface area contributed by atoms with Gasteiger partial charge < -0.3 is 29.4 Å². The molecule has 6 N–H and O–H groups in total. The SMILES string of the molecule is CCCCCCC[CH]([Zn])CCCC.OP(O)(O)=S.OP(O)(O)=S. The quantitative estimate of drug-likeness (QED) is 0.175. The van der Waals surface area contributed by atoms with Gasteiger partial charge in [0, 0.05) is 0 Å². The van der Waals surface area contributed by atoms with E-state index in [0.717, 1.165) is 4.51 Å². The van der Waals surface area contributed by atoms with Crippen LogP contribution in [0.25, 0.3) is 0 Å². The van der Waals surface area contributed by atoms with Crippen molar-refractivity contribution in [1.82, 2.24) is 0 Å². The molecule has 0 aliphatic carbocycles. The van der Waals surface area contributed by atoms with Gasteiger partial charge in [-0.25, -0.2) is 0 Å². The summed E-state index contributed by atoms with van der Waals surface area (Å²) < 4.78 is 1.10. The largest absolute Gasteiger partial charge is 0.325 e. The molecular weight excluding hydrogens is 432 g/mol. The third-order valence-electron chi connectivity index (χ3n) is 2.68. The molecule has 0 amide bonds. The van der Waals surface area contributed by atoms with Crippen LogP contribution < -0.4 is 0 Å². The van der Waals surface area contributed by atoms with Crippen LogP contribution in [-0.2, 0) is 41.9 Å². The Kier molecular flexibility index (Phi) is 23.7. The Hall–Kier alpha value is 1.68. The summed E-state index contributed by atoms with van der Waals surface area (Å²) >= 11 is 8.73. The van der Waals surface area contributed by atoms with E-state index in [1.165, 1.54) is 76.1 Å². The molecule has 1 unspecified atom stereocenters. The first kappa shape index (κ1) is 29.4. The Morgan fingerprint density at radius 3 is 1.35 bits per heavy atom. The van der Waals surface area contributed by atoms with Crippen LogP contribution in [0.2, 0.25) is 4.51 Å². The molecular formula is C12H31O6P2S2Zn. The summed E-state index contributed by atoms with van der Waals surface area (Å²) in [5.74, 6) is 0. The standard InChI is InChI=1S/C12H25.2H3O3PS.Zn/c1-3-5-7-9-11-12-10-8-6-4-2;2*1-4(2,3)5;/h9H,3-8,10-12H2,1-2H3;2*(H3,1,2,3,5);. The number of unbranched alkanes of at least 4 members (excludes halogenated alkanes) is 5. The number of rotatable bonds is 9. The average Bonchev–Trinajstić information content (AvgIpc) is 2.32. The molecule has 0 aliphatic heterocycles. The minimum Gasteiger partial charge on any atom is -0.325 e. The van der Waals surface area contributed by atoms with E-state index in [1.807, 2.05) is 0 Å². The molecule has 6 nitrogen and oxygen atoms in total. The van der Waals surface area contributed by atoms with E-state index >= 15 is 0 Å². The van der Waals surface area contributed by atoms with Crippen LogP contribution in [0.3, 0.4) is 0 Å². The second-order valence-corrected chi connectivity index (χ2v) is 12.7. The van der Waals surface area contributed by atoms with Crippen LogP contribution in [-0.4, -0.2) is 29.4 Å². The summed E-state index contributed by atoms with van der Waals surface area (Å²) in [5.41, 5.74) is 0. The van der Waals surface area contributed by atoms with Crippen LogP contribution >= 0.6 is 13.4 Å². The Balaban J connectivity index is -0.000000329. The average molecular weight is 463 g/mol. The molecule has 1 atom stereocenters. The van der Waals surface area contributed by atoms with E-state index < -0.39 is 13.4 Å². The van der Waals surface area contributed by atoms with Gasteiger partial charge in [-0.2, -0.15) is 0 Å². The van der Waals surface area contributed by atoms with Crippen molar-refractivity contribution in [2.75, 3.05) is 0 Å². The molecule has 0 saturated heterocycles. The fourth-order valence-corrected chi connectivity index (χ4v) is 2.89. The molecule has 0 aliphatic rings. The fraction of sp³-hybridized carbons (Fsp3) is 1.00. The van der Waals surface area contributed by atoms with Crippen LogP contribution in [0.15, 0.2) is 0 Å². The van der Waals surface area contributed by atoms with E-state index in [0.29, 0.717) is 0 Å². The Labute approximate surface area is 160 Å². The van der Waals surface area contributed by atoms with Gasteiger partial charge in [-0.1, -0.05) is 0 Å². The van der Waals surface area contributed by atoms with Crippen LogP contribution in [0, 0.1) is 0 Å². The zero-order chi connectivity index (χ0) is 18.9. The van der Waals surface area contributed by atoms with Crippen molar-refractivity contribution in [2.45, 2.75) is 76.1 Å². The second-order valence-electron chi connectivity index (χ2n) is 5.24. The van der Waals surface area contributed by atoms with Gasteiger partial charge in [0.2, 0.25) is 0 Å². The molecule has 0 bridgehead atoms. The molecule has 0 aromatic carbocycles. The first-order chi connectivity index (χ1) is 10.3. The Morgan fingerprint density at radius 2 is 1.00 bits per heavy atom. The molecule has 23 heavy (non-hydrogen) atoms. The topological polar surface area (TPSA) is 121 Å². The van der Waals surface area contributed by atoms with Gasteiger partial charge in [-0.3, -0.25) is 0 Å². The summed E-state index contributed by atoms with van der Waals surface area (Å²) in [5, 5.41) is 0. The summed E-state index contributed by atoms with van der Waals surface area (Å²) in [6.07, 6.45) is 13.1. The van der Waals surface area contributed by atoms with Gasteiger partial charge in [0.05, 0.1) is 0 Å². The molecule has 11 heteroatoms. The maximum absolute atomic E-state index is 7.56. The zero-order valence-electron chi connectivity index (χ0n) is 14.0. The first-order valence-electron chi connectivity index (χ1n) is 7.70. The van der Waals surface area contributed by atoms with Crippen LogP contribution in [0.4, 0.5) is 0 Å². The van der Waals surface area contributed by atoms with Gasteiger partial charge >= 0.3 is 108 Å². The molecule has 0 rings (SSSR count). The monoisotopic (exact) mass is 461 g/mol. The van der Waals surface area contributed by atoms with Crippen molar-refractivity contribution in [1.29, 1.82) is 0 Å². The van der Waals surface area contributed by atoms with Gasteiger partial charge in [-0.05, 0) is 23.6 Å². The molecule has 0 heterocycles. The maximum atomic E-state index is 7.56. The van der Waals surface area contributed by atoms with E-state index in [1.54, 1.807) is 0 Å². The van der Waals surface area contributed by atoms with Crippen molar-refractivity contribution in [2.24, 2.45) is 0 Å². The second kappa shape index (κ2) is 18.5. The Bertz CT molecular complexity index is 301. The van der Waals surface area contributed by atoms with Crippen molar-refractivity contribution >= 4 is 37.1 Å². The van der Waals surface area contributed by atoms with Crippen LogP contribution in [0.5, 0.6) is 0 Å².